The maximum Gasteiger partial charge on any atom is 0.0481 e. The zero-order valence-electron chi connectivity index (χ0n) is 9.54. The molecule has 0 saturated carbocycles. The van der Waals surface area contributed by atoms with E-state index in [1.165, 1.54) is 17.3 Å². The molecule has 2 nitrogen and oxygen atoms in total. The number of nitrogens with one attached hydrogen (secondary N) is 1. The Morgan fingerprint density at radius 2 is 2.19 bits per heavy atom. The van der Waals surface area contributed by atoms with E-state index in [0.29, 0.717) is 0 Å². The Bertz CT molecular complexity index is 462. The number of aromatic nitrogens is 1. The molecule has 0 unspecified atom stereocenters. The lowest BCUT2D eigenvalue weighted by atomic mass is 10.2. The fraction of sp³-hybridized carbons (Fsp3) is 0.385. The normalized spacial score (nSPS) is 11.1. The molecule has 0 amide bonds. The Labute approximate surface area is 105 Å². The molecule has 0 aliphatic rings. The van der Waals surface area contributed by atoms with E-state index in [-0.39, 0.29) is 0 Å². The molecule has 1 heterocycles. The van der Waals surface area contributed by atoms with Gasteiger partial charge in [-0.15, -0.1) is 0 Å². The Balaban J connectivity index is 2.07. The number of hydrogen-bond donors (Lipinski definition) is 1. The molecule has 16 heavy (non-hydrogen) atoms. The summed E-state index contributed by atoms with van der Waals surface area (Å²) in [5.41, 5.74) is 1.32. The molecule has 1 aromatic heterocycles. The van der Waals surface area contributed by atoms with Crippen molar-refractivity contribution in [2.75, 3.05) is 13.1 Å². The average molecular weight is 281 g/mol. The van der Waals surface area contributed by atoms with Crippen molar-refractivity contribution < 1.29 is 0 Å². The van der Waals surface area contributed by atoms with Crippen LogP contribution in [-0.4, -0.2) is 17.7 Å². The Kier molecular flexibility index (Phi) is 4.02. The Morgan fingerprint density at radius 1 is 1.31 bits per heavy atom. The molecule has 2 aromatic rings. The third kappa shape index (κ3) is 2.66. The maximum absolute atomic E-state index is 3.50. The summed E-state index contributed by atoms with van der Waals surface area (Å²) in [7, 11) is 0. The minimum absolute atomic E-state index is 1.05. The van der Waals surface area contributed by atoms with Crippen LogP contribution in [0.25, 0.3) is 10.9 Å². The monoisotopic (exact) mass is 280 g/mol. The smallest absolute Gasteiger partial charge is 0.0481 e. The lowest BCUT2D eigenvalue weighted by Gasteiger charge is -2.05. The molecule has 3 heteroatoms. The molecular weight excluding hydrogens is 264 g/mol. The summed E-state index contributed by atoms with van der Waals surface area (Å²) in [5.74, 6) is 0. The van der Waals surface area contributed by atoms with Crippen molar-refractivity contribution in [2.45, 2.75) is 19.9 Å². The minimum atomic E-state index is 1.05. The average Bonchev–Trinajstić information content (AvgIpc) is 2.67. The predicted molar refractivity (Wildman–Crippen MR) is 72.8 cm³/mol. The molecule has 0 spiro atoms. The fourth-order valence-corrected chi connectivity index (χ4v) is 2.30. The van der Waals surface area contributed by atoms with Gasteiger partial charge in [0.25, 0.3) is 0 Å². The van der Waals surface area contributed by atoms with Crippen molar-refractivity contribution in [2.24, 2.45) is 0 Å². The first-order valence-corrected chi connectivity index (χ1v) is 6.55. The summed E-state index contributed by atoms with van der Waals surface area (Å²) in [6.07, 6.45) is 3.34. The van der Waals surface area contributed by atoms with Gasteiger partial charge in [-0.25, -0.2) is 0 Å². The van der Waals surface area contributed by atoms with Crippen LogP contribution in [-0.2, 0) is 6.54 Å². The van der Waals surface area contributed by atoms with E-state index in [1.54, 1.807) is 0 Å². The van der Waals surface area contributed by atoms with Crippen molar-refractivity contribution in [3.8, 4) is 0 Å². The number of benzene rings is 1. The van der Waals surface area contributed by atoms with Gasteiger partial charge in [0, 0.05) is 28.1 Å². The van der Waals surface area contributed by atoms with E-state index in [2.05, 4.69) is 63.2 Å². The molecule has 1 aromatic carbocycles. The topological polar surface area (TPSA) is 17.0 Å². The first-order chi connectivity index (χ1) is 7.81. The van der Waals surface area contributed by atoms with Gasteiger partial charge < -0.3 is 9.88 Å². The largest absolute Gasteiger partial charge is 0.347 e. The summed E-state index contributed by atoms with van der Waals surface area (Å²) < 4.78 is 3.46. The van der Waals surface area contributed by atoms with Crippen LogP contribution in [0.1, 0.15) is 13.3 Å². The van der Waals surface area contributed by atoms with E-state index in [4.69, 9.17) is 0 Å². The molecule has 1 N–H and O–H groups in total. The van der Waals surface area contributed by atoms with Gasteiger partial charge in [-0.1, -0.05) is 22.9 Å². The maximum atomic E-state index is 3.50. The molecule has 0 aliphatic heterocycles. The van der Waals surface area contributed by atoms with Crippen LogP contribution in [0.3, 0.4) is 0 Å². The van der Waals surface area contributed by atoms with Crippen LogP contribution in [0.15, 0.2) is 34.9 Å². The second-order valence-electron chi connectivity index (χ2n) is 3.92. The summed E-state index contributed by atoms with van der Waals surface area (Å²) in [6.45, 7) is 5.37. The second kappa shape index (κ2) is 5.51. The number of rotatable bonds is 5. The lowest BCUT2D eigenvalue weighted by molar-refractivity contribution is 0.603. The van der Waals surface area contributed by atoms with Gasteiger partial charge in [0.1, 0.15) is 0 Å². The number of halogens is 1. The van der Waals surface area contributed by atoms with Crippen molar-refractivity contribution in [3.05, 3.63) is 34.9 Å². The van der Waals surface area contributed by atoms with Gasteiger partial charge in [0.2, 0.25) is 0 Å². The van der Waals surface area contributed by atoms with E-state index < -0.39 is 0 Å². The molecule has 0 radical (unpaired) electrons. The van der Waals surface area contributed by atoms with E-state index in [0.717, 1.165) is 24.1 Å². The minimum Gasteiger partial charge on any atom is -0.347 e. The van der Waals surface area contributed by atoms with Crippen molar-refractivity contribution >= 4 is 26.8 Å². The van der Waals surface area contributed by atoms with Gasteiger partial charge in [0.05, 0.1) is 0 Å². The van der Waals surface area contributed by atoms with E-state index >= 15 is 0 Å². The van der Waals surface area contributed by atoms with E-state index in [9.17, 15) is 0 Å². The van der Waals surface area contributed by atoms with Crippen LogP contribution >= 0.6 is 15.9 Å². The molecule has 86 valence electrons. The first kappa shape index (κ1) is 11.7. The summed E-state index contributed by atoms with van der Waals surface area (Å²) in [4.78, 5) is 0. The summed E-state index contributed by atoms with van der Waals surface area (Å²) >= 11 is 3.50. The lowest BCUT2D eigenvalue weighted by Crippen LogP contribution is -2.15. The Hall–Kier alpha value is -0.800. The van der Waals surface area contributed by atoms with Gasteiger partial charge in [-0.3, -0.25) is 0 Å². The van der Waals surface area contributed by atoms with Crippen molar-refractivity contribution in [3.63, 3.8) is 0 Å². The van der Waals surface area contributed by atoms with Gasteiger partial charge >= 0.3 is 0 Å². The number of hydrogen-bond acceptors (Lipinski definition) is 1. The highest BCUT2D eigenvalue weighted by atomic mass is 79.9. The molecule has 0 aliphatic carbocycles. The summed E-state index contributed by atoms with van der Waals surface area (Å²) in [5, 5.41) is 4.65. The van der Waals surface area contributed by atoms with Crippen LogP contribution < -0.4 is 5.32 Å². The number of fused-ring (bicyclic) bond motifs is 1. The molecule has 0 fully saturated rings. The Morgan fingerprint density at radius 3 is 3.00 bits per heavy atom. The molecule has 0 bridgehead atoms. The quantitative estimate of drug-likeness (QED) is 0.831. The highest BCUT2D eigenvalue weighted by Crippen LogP contribution is 2.20. The highest BCUT2D eigenvalue weighted by molar-refractivity contribution is 9.10. The second-order valence-corrected chi connectivity index (χ2v) is 4.84. The van der Waals surface area contributed by atoms with Gasteiger partial charge in [0.15, 0.2) is 0 Å². The van der Waals surface area contributed by atoms with Gasteiger partial charge in [-0.05, 0) is 43.8 Å². The zero-order chi connectivity index (χ0) is 11.4. The summed E-state index contributed by atoms with van der Waals surface area (Å²) in [6, 6.07) is 8.61. The predicted octanol–water partition coefficient (Wildman–Crippen LogP) is 3.40. The van der Waals surface area contributed by atoms with Crippen molar-refractivity contribution in [1.82, 2.24) is 9.88 Å². The van der Waals surface area contributed by atoms with Crippen LogP contribution in [0.5, 0.6) is 0 Å². The molecule has 2 rings (SSSR count). The number of nitrogens with zero attached hydrogens (tertiary/aromatic N) is 1. The van der Waals surface area contributed by atoms with Gasteiger partial charge in [-0.2, -0.15) is 0 Å². The SMILES string of the molecule is CCNCCCn1ccc2cc(Br)ccc21. The number of aryl methyl sites for hydroxylation is 1. The van der Waals surface area contributed by atoms with Crippen molar-refractivity contribution in [1.29, 1.82) is 0 Å². The van der Waals surface area contributed by atoms with Crippen LogP contribution in [0, 0.1) is 0 Å². The zero-order valence-corrected chi connectivity index (χ0v) is 11.1. The standard InChI is InChI=1S/C13H17BrN2/c1-2-15-7-3-8-16-9-6-11-10-12(14)4-5-13(11)16/h4-6,9-10,15H,2-3,7-8H2,1H3. The van der Waals surface area contributed by atoms with Crippen LogP contribution in [0.2, 0.25) is 0 Å². The third-order valence-electron chi connectivity index (χ3n) is 2.74. The third-order valence-corrected chi connectivity index (χ3v) is 3.23. The highest BCUT2D eigenvalue weighted by Gasteiger charge is 2.00. The first-order valence-electron chi connectivity index (χ1n) is 5.76. The molecule has 0 saturated heterocycles. The fourth-order valence-electron chi connectivity index (χ4n) is 1.92. The van der Waals surface area contributed by atoms with E-state index in [1.807, 2.05) is 0 Å². The molecule has 0 atom stereocenters. The molecular formula is C13H17BrN2. The van der Waals surface area contributed by atoms with Crippen LogP contribution in [0.4, 0.5) is 0 Å².